The standard InChI is InChI=1S/C15H16BrClN2O/c16-12-4-1-3-11(15(12)17)13-9-19-14(20-13)5-2-8-18-10-6-7-10/h1,3-4,9-10,18H,2,5-8H2. The first-order valence-corrected chi connectivity index (χ1v) is 8.03. The summed E-state index contributed by atoms with van der Waals surface area (Å²) >= 11 is 9.68. The number of aromatic nitrogens is 1. The molecule has 0 amide bonds. The van der Waals surface area contributed by atoms with Gasteiger partial charge in [-0.1, -0.05) is 17.7 Å². The number of halogens is 2. The van der Waals surface area contributed by atoms with E-state index in [-0.39, 0.29) is 0 Å². The van der Waals surface area contributed by atoms with E-state index in [1.807, 2.05) is 18.2 Å². The van der Waals surface area contributed by atoms with Crippen LogP contribution >= 0.6 is 27.5 Å². The molecule has 1 aromatic heterocycles. The molecule has 5 heteroatoms. The van der Waals surface area contributed by atoms with Gasteiger partial charge in [-0.15, -0.1) is 0 Å². The summed E-state index contributed by atoms with van der Waals surface area (Å²) < 4.78 is 6.65. The highest BCUT2D eigenvalue weighted by Crippen LogP contribution is 2.33. The Balaban J connectivity index is 1.62. The maximum atomic E-state index is 6.26. The van der Waals surface area contributed by atoms with Crippen molar-refractivity contribution in [3.8, 4) is 11.3 Å². The fourth-order valence-electron chi connectivity index (χ4n) is 2.08. The van der Waals surface area contributed by atoms with Crippen molar-refractivity contribution in [2.75, 3.05) is 6.54 Å². The van der Waals surface area contributed by atoms with Crippen molar-refractivity contribution in [1.29, 1.82) is 0 Å². The van der Waals surface area contributed by atoms with Gasteiger partial charge in [-0.2, -0.15) is 0 Å². The molecule has 3 nitrogen and oxygen atoms in total. The summed E-state index contributed by atoms with van der Waals surface area (Å²) in [6, 6.07) is 6.54. The highest BCUT2D eigenvalue weighted by molar-refractivity contribution is 9.10. The second-order valence-electron chi connectivity index (χ2n) is 5.05. The Morgan fingerprint density at radius 3 is 3.05 bits per heavy atom. The van der Waals surface area contributed by atoms with Crippen molar-refractivity contribution in [2.45, 2.75) is 31.7 Å². The number of hydrogen-bond donors (Lipinski definition) is 1. The minimum atomic E-state index is 0.658. The van der Waals surface area contributed by atoms with E-state index in [2.05, 4.69) is 26.2 Å². The van der Waals surface area contributed by atoms with Gasteiger partial charge in [0, 0.05) is 22.5 Å². The van der Waals surface area contributed by atoms with Gasteiger partial charge in [-0.3, -0.25) is 0 Å². The van der Waals surface area contributed by atoms with Gasteiger partial charge < -0.3 is 9.73 Å². The Labute approximate surface area is 131 Å². The van der Waals surface area contributed by atoms with Crippen LogP contribution in [0.1, 0.15) is 25.2 Å². The zero-order valence-electron chi connectivity index (χ0n) is 11.0. The number of nitrogens with zero attached hydrogens (tertiary/aromatic N) is 1. The molecule has 1 heterocycles. The molecule has 1 N–H and O–H groups in total. The lowest BCUT2D eigenvalue weighted by Crippen LogP contribution is -2.17. The van der Waals surface area contributed by atoms with Crippen LogP contribution in [0.4, 0.5) is 0 Å². The zero-order chi connectivity index (χ0) is 13.9. The second-order valence-corrected chi connectivity index (χ2v) is 6.28. The number of nitrogens with one attached hydrogen (secondary N) is 1. The van der Waals surface area contributed by atoms with Crippen molar-refractivity contribution in [2.24, 2.45) is 0 Å². The monoisotopic (exact) mass is 354 g/mol. The van der Waals surface area contributed by atoms with E-state index in [1.165, 1.54) is 12.8 Å². The molecule has 0 saturated heterocycles. The van der Waals surface area contributed by atoms with Gasteiger partial charge in [-0.05, 0) is 53.9 Å². The predicted molar refractivity (Wildman–Crippen MR) is 84.0 cm³/mol. The van der Waals surface area contributed by atoms with Crippen molar-refractivity contribution in [3.63, 3.8) is 0 Å². The largest absolute Gasteiger partial charge is 0.441 e. The number of hydrogen-bond acceptors (Lipinski definition) is 3. The molecular formula is C15H16BrClN2O. The molecule has 2 aromatic rings. The van der Waals surface area contributed by atoms with Gasteiger partial charge >= 0.3 is 0 Å². The van der Waals surface area contributed by atoms with E-state index in [0.29, 0.717) is 5.02 Å². The molecule has 1 fully saturated rings. The average Bonchev–Trinajstić information content (AvgIpc) is 3.15. The van der Waals surface area contributed by atoms with Crippen molar-refractivity contribution >= 4 is 27.5 Å². The van der Waals surface area contributed by atoms with Gasteiger partial charge in [0.2, 0.25) is 0 Å². The fourth-order valence-corrected chi connectivity index (χ4v) is 2.66. The lowest BCUT2D eigenvalue weighted by Gasteiger charge is -2.02. The Bertz CT molecular complexity index is 595. The van der Waals surface area contributed by atoms with Crippen LogP contribution in [0.2, 0.25) is 5.02 Å². The van der Waals surface area contributed by atoms with Gasteiger partial charge in [0.15, 0.2) is 11.7 Å². The molecule has 1 aliphatic carbocycles. The summed E-state index contributed by atoms with van der Waals surface area (Å²) in [4.78, 5) is 4.33. The first-order valence-electron chi connectivity index (χ1n) is 6.86. The van der Waals surface area contributed by atoms with E-state index >= 15 is 0 Å². The summed E-state index contributed by atoms with van der Waals surface area (Å²) in [5.41, 5.74) is 0.871. The first-order chi connectivity index (χ1) is 9.74. The van der Waals surface area contributed by atoms with Gasteiger partial charge in [-0.25, -0.2) is 4.98 Å². The highest BCUT2D eigenvalue weighted by Gasteiger charge is 2.19. The van der Waals surface area contributed by atoms with Crippen molar-refractivity contribution < 1.29 is 4.42 Å². The predicted octanol–water partition coefficient (Wildman–Crippen LogP) is 4.44. The van der Waals surface area contributed by atoms with E-state index < -0.39 is 0 Å². The van der Waals surface area contributed by atoms with Crippen LogP contribution in [-0.4, -0.2) is 17.6 Å². The fraction of sp³-hybridized carbons (Fsp3) is 0.400. The molecule has 0 radical (unpaired) electrons. The van der Waals surface area contributed by atoms with Crippen LogP contribution in [0, 0.1) is 0 Å². The summed E-state index contributed by atoms with van der Waals surface area (Å²) in [5, 5.41) is 4.14. The lowest BCUT2D eigenvalue weighted by atomic mass is 10.2. The maximum Gasteiger partial charge on any atom is 0.194 e. The van der Waals surface area contributed by atoms with Gasteiger partial charge in [0.1, 0.15) is 0 Å². The molecule has 106 valence electrons. The highest BCUT2D eigenvalue weighted by atomic mass is 79.9. The van der Waals surface area contributed by atoms with Gasteiger partial charge in [0.25, 0.3) is 0 Å². The van der Waals surface area contributed by atoms with Crippen LogP contribution in [0.5, 0.6) is 0 Å². The third-order valence-electron chi connectivity index (χ3n) is 3.35. The SMILES string of the molecule is Clc1c(Br)cccc1-c1cnc(CCCNC2CC2)o1. The molecule has 1 saturated carbocycles. The molecule has 0 atom stereocenters. The quantitative estimate of drug-likeness (QED) is 0.778. The van der Waals surface area contributed by atoms with Crippen LogP contribution in [0.25, 0.3) is 11.3 Å². The summed E-state index contributed by atoms with van der Waals surface area (Å²) in [5.74, 6) is 1.50. The number of aryl methyl sites for hydroxylation is 1. The normalized spacial score (nSPS) is 14.7. The Hall–Kier alpha value is -0.840. The van der Waals surface area contributed by atoms with E-state index in [1.54, 1.807) is 6.20 Å². The van der Waals surface area contributed by atoms with E-state index in [9.17, 15) is 0 Å². The van der Waals surface area contributed by atoms with Crippen LogP contribution in [0.15, 0.2) is 33.3 Å². The lowest BCUT2D eigenvalue weighted by molar-refractivity contribution is 0.491. The first kappa shape index (κ1) is 14.1. The Kier molecular flexibility index (Phi) is 4.44. The molecule has 0 aliphatic heterocycles. The van der Waals surface area contributed by atoms with Crippen molar-refractivity contribution in [1.82, 2.24) is 10.3 Å². The molecule has 1 aliphatic rings. The third-order valence-corrected chi connectivity index (χ3v) is 4.64. The van der Waals surface area contributed by atoms with E-state index in [0.717, 1.165) is 47.1 Å². The summed E-state index contributed by atoms with van der Waals surface area (Å²) in [7, 11) is 0. The smallest absolute Gasteiger partial charge is 0.194 e. The topological polar surface area (TPSA) is 38.1 Å². The summed E-state index contributed by atoms with van der Waals surface area (Å²) in [6.07, 6.45) is 6.29. The zero-order valence-corrected chi connectivity index (χ0v) is 13.4. The number of benzene rings is 1. The molecule has 3 rings (SSSR count). The van der Waals surface area contributed by atoms with Crippen LogP contribution in [0.3, 0.4) is 0 Å². The van der Waals surface area contributed by atoms with Crippen LogP contribution < -0.4 is 5.32 Å². The van der Waals surface area contributed by atoms with Crippen molar-refractivity contribution in [3.05, 3.63) is 39.8 Å². The molecule has 0 spiro atoms. The minimum absolute atomic E-state index is 0.658. The molecule has 0 unspecified atom stereocenters. The maximum absolute atomic E-state index is 6.26. The summed E-state index contributed by atoms with van der Waals surface area (Å²) in [6.45, 7) is 1.03. The number of rotatable bonds is 6. The average molecular weight is 356 g/mol. The Morgan fingerprint density at radius 2 is 2.25 bits per heavy atom. The Morgan fingerprint density at radius 1 is 1.40 bits per heavy atom. The van der Waals surface area contributed by atoms with E-state index in [4.69, 9.17) is 16.0 Å². The van der Waals surface area contributed by atoms with Crippen LogP contribution in [-0.2, 0) is 6.42 Å². The molecule has 0 bridgehead atoms. The minimum Gasteiger partial charge on any atom is -0.441 e. The molecule has 1 aromatic carbocycles. The second kappa shape index (κ2) is 6.29. The number of oxazole rings is 1. The third kappa shape index (κ3) is 3.43. The van der Waals surface area contributed by atoms with Gasteiger partial charge in [0.05, 0.1) is 11.2 Å². The molecule has 20 heavy (non-hydrogen) atoms. The molecular weight excluding hydrogens is 340 g/mol.